The van der Waals surface area contributed by atoms with Gasteiger partial charge in [-0.25, -0.2) is 0 Å². The first-order chi connectivity index (χ1) is 9.82. The average molecular weight is 307 g/mol. The molecule has 0 aromatic carbocycles. The van der Waals surface area contributed by atoms with E-state index in [0.29, 0.717) is 18.9 Å². The summed E-state index contributed by atoms with van der Waals surface area (Å²) in [5, 5.41) is 16.1. The number of nitrogens with zero attached hydrogens (tertiary/aromatic N) is 1. The van der Waals surface area contributed by atoms with Crippen molar-refractivity contribution < 1.29 is 18.3 Å². The lowest BCUT2D eigenvalue weighted by Crippen LogP contribution is -2.53. The van der Waals surface area contributed by atoms with Crippen LogP contribution in [0.15, 0.2) is 4.99 Å². The van der Waals surface area contributed by atoms with Gasteiger partial charge in [0.2, 0.25) is 0 Å². The van der Waals surface area contributed by atoms with Crippen LogP contribution in [-0.4, -0.2) is 42.5 Å². The summed E-state index contributed by atoms with van der Waals surface area (Å²) in [6, 6.07) is -0.215. The number of aliphatic imine (C=N–C) groups is 1. The standard InChI is InChI=1S/C14H24F3N3O/c1-18-12(19-9-13(21)6-3-7-13)20-11-5-2-4-10(8-11)14(15,16)17/h10-11,21H,2-9H2,1H3,(H2,18,19,20). The molecule has 2 aliphatic carbocycles. The molecule has 0 aromatic heterocycles. The predicted molar refractivity (Wildman–Crippen MR) is 75.1 cm³/mol. The molecular weight excluding hydrogens is 283 g/mol. The minimum Gasteiger partial charge on any atom is -0.388 e. The van der Waals surface area contributed by atoms with Gasteiger partial charge >= 0.3 is 6.18 Å². The quantitative estimate of drug-likeness (QED) is 0.553. The molecular formula is C14H24F3N3O. The predicted octanol–water partition coefficient (Wildman–Crippen LogP) is 2.19. The Morgan fingerprint density at radius 1 is 1.29 bits per heavy atom. The maximum atomic E-state index is 12.8. The van der Waals surface area contributed by atoms with Gasteiger partial charge in [-0.2, -0.15) is 13.2 Å². The minimum atomic E-state index is -4.11. The van der Waals surface area contributed by atoms with Gasteiger partial charge in [0.1, 0.15) is 0 Å². The number of hydrogen-bond donors (Lipinski definition) is 3. The van der Waals surface area contributed by atoms with Crippen LogP contribution in [0.4, 0.5) is 13.2 Å². The molecule has 2 atom stereocenters. The van der Waals surface area contributed by atoms with Gasteiger partial charge in [-0.3, -0.25) is 4.99 Å². The molecule has 0 bridgehead atoms. The molecule has 0 aromatic rings. The van der Waals surface area contributed by atoms with Gasteiger partial charge in [-0.1, -0.05) is 6.42 Å². The average Bonchev–Trinajstić information content (AvgIpc) is 2.40. The van der Waals surface area contributed by atoms with Crippen LogP contribution in [0.25, 0.3) is 0 Å². The summed E-state index contributed by atoms with van der Waals surface area (Å²) in [6.45, 7) is 0.391. The summed E-state index contributed by atoms with van der Waals surface area (Å²) < 4.78 is 38.4. The highest BCUT2D eigenvalue weighted by Crippen LogP contribution is 2.37. The zero-order valence-electron chi connectivity index (χ0n) is 12.3. The van der Waals surface area contributed by atoms with Crippen LogP contribution in [0.2, 0.25) is 0 Å². The highest BCUT2D eigenvalue weighted by molar-refractivity contribution is 5.80. The highest BCUT2D eigenvalue weighted by Gasteiger charge is 2.42. The van der Waals surface area contributed by atoms with Crippen LogP contribution in [0.5, 0.6) is 0 Å². The number of nitrogens with one attached hydrogen (secondary N) is 2. The summed E-state index contributed by atoms with van der Waals surface area (Å²) in [4.78, 5) is 4.03. The molecule has 2 saturated carbocycles. The van der Waals surface area contributed by atoms with E-state index in [9.17, 15) is 18.3 Å². The Morgan fingerprint density at radius 2 is 2.00 bits per heavy atom. The van der Waals surface area contributed by atoms with Crippen LogP contribution in [0.1, 0.15) is 44.9 Å². The molecule has 122 valence electrons. The zero-order chi connectivity index (χ0) is 15.5. The van der Waals surface area contributed by atoms with Gasteiger partial charge in [-0.15, -0.1) is 0 Å². The lowest BCUT2D eigenvalue weighted by atomic mass is 9.80. The highest BCUT2D eigenvalue weighted by atomic mass is 19.4. The topological polar surface area (TPSA) is 56.7 Å². The second-order valence-corrected chi connectivity index (χ2v) is 6.25. The molecule has 21 heavy (non-hydrogen) atoms. The third-order valence-corrected chi connectivity index (χ3v) is 4.57. The Labute approximate surface area is 123 Å². The van der Waals surface area contributed by atoms with Crippen LogP contribution in [0.3, 0.4) is 0 Å². The first kappa shape index (κ1) is 16.4. The Bertz CT molecular complexity index is 380. The summed E-state index contributed by atoms with van der Waals surface area (Å²) >= 11 is 0. The normalized spacial score (nSPS) is 29.7. The van der Waals surface area contributed by atoms with Crippen LogP contribution < -0.4 is 10.6 Å². The van der Waals surface area contributed by atoms with Crippen molar-refractivity contribution in [3.05, 3.63) is 0 Å². The second kappa shape index (κ2) is 6.42. The number of alkyl halides is 3. The Hall–Kier alpha value is -0.980. The fourth-order valence-corrected chi connectivity index (χ4v) is 3.02. The minimum absolute atomic E-state index is 0.0917. The van der Waals surface area contributed by atoms with Crippen molar-refractivity contribution in [1.82, 2.24) is 10.6 Å². The van der Waals surface area contributed by atoms with Crippen LogP contribution >= 0.6 is 0 Å². The third kappa shape index (κ3) is 4.49. The maximum Gasteiger partial charge on any atom is 0.391 e. The van der Waals surface area contributed by atoms with Crippen molar-refractivity contribution in [2.75, 3.05) is 13.6 Å². The SMILES string of the molecule is CN=C(NCC1(O)CCC1)NC1CCCC(C(F)(F)F)C1. The van der Waals surface area contributed by atoms with Gasteiger partial charge in [0.25, 0.3) is 0 Å². The van der Waals surface area contributed by atoms with Gasteiger partial charge in [0, 0.05) is 19.6 Å². The van der Waals surface area contributed by atoms with E-state index in [1.54, 1.807) is 7.05 Å². The molecule has 3 N–H and O–H groups in total. The smallest absolute Gasteiger partial charge is 0.388 e. The van der Waals surface area contributed by atoms with Crippen LogP contribution in [-0.2, 0) is 0 Å². The number of hydrogen-bond acceptors (Lipinski definition) is 2. The van der Waals surface area contributed by atoms with E-state index in [1.165, 1.54) is 0 Å². The number of aliphatic hydroxyl groups is 1. The number of halogens is 3. The molecule has 4 nitrogen and oxygen atoms in total. The van der Waals surface area contributed by atoms with Crippen molar-refractivity contribution in [3.8, 4) is 0 Å². The first-order valence-electron chi connectivity index (χ1n) is 7.59. The van der Waals surface area contributed by atoms with Crippen molar-refractivity contribution in [2.45, 2.75) is 62.8 Å². The number of rotatable bonds is 3. The molecule has 2 rings (SSSR count). The van der Waals surface area contributed by atoms with Crippen molar-refractivity contribution in [1.29, 1.82) is 0 Å². The first-order valence-corrected chi connectivity index (χ1v) is 7.59. The Kier molecular flexibility index (Phi) is 5.01. The fraction of sp³-hybridized carbons (Fsp3) is 0.929. The van der Waals surface area contributed by atoms with E-state index in [2.05, 4.69) is 15.6 Å². The molecule has 0 radical (unpaired) electrons. The molecule has 0 saturated heterocycles. The fourth-order valence-electron chi connectivity index (χ4n) is 3.02. The lowest BCUT2D eigenvalue weighted by molar-refractivity contribution is -0.183. The molecule has 2 unspecified atom stereocenters. The second-order valence-electron chi connectivity index (χ2n) is 6.25. The molecule has 2 aliphatic rings. The van der Waals surface area contributed by atoms with E-state index < -0.39 is 17.7 Å². The van der Waals surface area contributed by atoms with Crippen LogP contribution in [0, 0.1) is 5.92 Å². The van der Waals surface area contributed by atoms with Gasteiger partial charge in [0.15, 0.2) is 5.96 Å². The van der Waals surface area contributed by atoms with Gasteiger partial charge < -0.3 is 15.7 Å². The molecule has 0 heterocycles. The monoisotopic (exact) mass is 307 g/mol. The van der Waals surface area contributed by atoms with E-state index in [1.807, 2.05) is 0 Å². The Morgan fingerprint density at radius 3 is 2.52 bits per heavy atom. The molecule has 2 fully saturated rings. The summed E-state index contributed by atoms with van der Waals surface area (Å²) in [6.07, 6.45) is 0.0217. The van der Waals surface area contributed by atoms with Crippen molar-refractivity contribution >= 4 is 5.96 Å². The van der Waals surface area contributed by atoms with E-state index in [0.717, 1.165) is 25.7 Å². The Balaban J connectivity index is 1.81. The van der Waals surface area contributed by atoms with E-state index in [-0.39, 0.29) is 18.9 Å². The van der Waals surface area contributed by atoms with E-state index in [4.69, 9.17) is 0 Å². The number of guanidine groups is 1. The van der Waals surface area contributed by atoms with Gasteiger partial charge in [-0.05, 0) is 38.5 Å². The third-order valence-electron chi connectivity index (χ3n) is 4.57. The summed E-state index contributed by atoms with van der Waals surface area (Å²) in [5.74, 6) is -0.749. The van der Waals surface area contributed by atoms with Crippen molar-refractivity contribution in [2.24, 2.45) is 10.9 Å². The zero-order valence-corrected chi connectivity index (χ0v) is 12.3. The summed E-state index contributed by atoms with van der Waals surface area (Å²) in [5.41, 5.74) is -0.682. The molecule has 0 aliphatic heterocycles. The van der Waals surface area contributed by atoms with Crippen molar-refractivity contribution in [3.63, 3.8) is 0 Å². The molecule has 0 amide bonds. The van der Waals surface area contributed by atoms with E-state index >= 15 is 0 Å². The maximum absolute atomic E-state index is 12.8. The summed E-state index contributed by atoms with van der Waals surface area (Å²) in [7, 11) is 1.59. The lowest BCUT2D eigenvalue weighted by Gasteiger charge is -2.37. The molecule has 7 heteroatoms. The largest absolute Gasteiger partial charge is 0.391 e. The van der Waals surface area contributed by atoms with Gasteiger partial charge in [0.05, 0.1) is 11.5 Å². The molecule has 0 spiro atoms.